The Morgan fingerprint density at radius 3 is 3.05 bits per heavy atom. The molecular weight excluding hydrogens is 242 g/mol. The van der Waals surface area contributed by atoms with Crippen LogP contribution >= 0.6 is 0 Å². The molecule has 1 heterocycles. The molecule has 1 unspecified atom stereocenters. The lowest BCUT2D eigenvalue weighted by Gasteiger charge is -2.14. The monoisotopic (exact) mass is 255 g/mol. The SMILES string of the molecule is CC(C(=O)Nc1cccc(N)c1)n1ccnc1C#N. The van der Waals surface area contributed by atoms with Crippen molar-refractivity contribution in [2.24, 2.45) is 0 Å². The van der Waals surface area contributed by atoms with Gasteiger partial charge < -0.3 is 15.6 Å². The first-order valence-electron chi connectivity index (χ1n) is 5.71. The van der Waals surface area contributed by atoms with Crippen LogP contribution in [0, 0.1) is 11.3 Å². The normalized spacial score (nSPS) is 11.6. The van der Waals surface area contributed by atoms with Crippen molar-refractivity contribution in [2.75, 3.05) is 11.1 Å². The topological polar surface area (TPSA) is 96.7 Å². The minimum Gasteiger partial charge on any atom is -0.399 e. The summed E-state index contributed by atoms with van der Waals surface area (Å²) in [5.74, 6) is -0.0321. The molecule has 1 atom stereocenters. The van der Waals surface area contributed by atoms with Gasteiger partial charge in [0, 0.05) is 23.8 Å². The van der Waals surface area contributed by atoms with Gasteiger partial charge in [0.2, 0.25) is 11.7 Å². The van der Waals surface area contributed by atoms with Crippen LogP contribution in [0.15, 0.2) is 36.7 Å². The number of nitriles is 1. The van der Waals surface area contributed by atoms with E-state index in [1.54, 1.807) is 37.4 Å². The zero-order chi connectivity index (χ0) is 13.8. The van der Waals surface area contributed by atoms with Crippen LogP contribution in [0.2, 0.25) is 0 Å². The second kappa shape index (κ2) is 5.23. The van der Waals surface area contributed by atoms with Gasteiger partial charge in [-0.25, -0.2) is 4.98 Å². The van der Waals surface area contributed by atoms with Gasteiger partial charge in [-0.05, 0) is 25.1 Å². The Bertz CT molecular complexity index is 640. The molecule has 0 bridgehead atoms. The second-order valence-electron chi connectivity index (χ2n) is 4.06. The molecule has 6 nitrogen and oxygen atoms in total. The van der Waals surface area contributed by atoms with Crippen LogP contribution in [0.4, 0.5) is 11.4 Å². The second-order valence-corrected chi connectivity index (χ2v) is 4.06. The van der Waals surface area contributed by atoms with Gasteiger partial charge in [-0.2, -0.15) is 5.26 Å². The summed E-state index contributed by atoms with van der Waals surface area (Å²) in [6.45, 7) is 1.70. The third-order valence-corrected chi connectivity index (χ3v) is 2.72. The number of anilines is 2. The van der Waals surface area contributed by atoms with Crippen molar-refractivity contribution in [3.63, 3.8) is 0 Å². The van der Waals surface area contributed by atoms with Crippen LogP contribution in [0.1, 0.15) is 18.8 Å². The van der Waals surface area contributed by atoms with E-state index in [1.165, 1.54) is 10.8 Å². The van der Waals surface area contributed by atoms with Crippen LogP contribution in [0.3, 0.4) is 0 Å². The Kier molecular flexibility index (Phi) is 3.48. The highest BCUT2D eigenvalue weighted by atomic mass is 16.2. The maximum atomic E-state index is 12.1. The number of benzene rings is 1. The fraction of sp³-hybridized carbons (Fsp3) is 0.154. The van der Waals surface area contributed by atoms with E-state index in [1.807, 2.05) is 6.07 Å². The molecule has 19 heavy (non-hydrogen) atoms. The first-order valence-corrected chi connectivity index (χ1v) is 5.71. The van der Waals surface area contributed by atoms with Gasteiger partial charge in [-0.1, -0.05) is 6.07 Å². The predicted molar refractivity (Wildman–Crippen MR) is 71.1 cm³/mol. The maximum Gasteiger partial charge on any atom is 0.247 e. The molecule has 0 saturated carbocycles. The van der Waals surface area contributed by atoms with Gasteiger partial charge in [-0.15, -0.1) is 0 Å². The molecule has 0 aliphatic carbocycles. The highest BCUT2D eigenvalue weighted by molar-refractivity contribution is 5.93. The van der Waals surface area contributed by atoms with Gasteiger partial charge in [0.1, 0.15) is 12.1 Å². The summed E-state index contributed by atoms with van der Waals surface area (Å²) in [7, 11) is 0. The zero-order valence-corrected chi connectivity index (χ0v) is 10.4. The summed E-state index contributed by atoms with van der Waals surface area (Å²) < 4.78 is 1.52. The number of hydrogen-bond acceptors (Lipinski definition) is 4. The van der Waals surface area contributed by atoms with Crippen molar-refractivity contribution in [3.05, 3.63) is 42.5 Å². The number of aromatic nitrogens is 2. The van der Waals surface area contributed by atoms with E-state index in [4.69, 9.17) is 11.0 Å². The van der Waals surface area contributed by atoms with Crippen molar-refractivity contribution in [2.45, 2.75) is 13.0 Å². The minimum atomic E-state index is -0.529. The largest absolute Gasteiger partial charge is 0.399 e. The quantitative estimate of drug-likeness (QED) is 0.813. The maximum absolute atomic E-state index is 12.1. The van der Waals surface area contributed by atoms with Gasteiger partial charge in [0.15, 0.2) is 0 Å². The average Bonchev–Trinajstić information content (AvgIpc) is 2.86. The van der Waals surface area contributed by atoms with Crippen LogP contribution in [-0.4, -0.2) is 15.5 Å². The number of amides is 1. The summed E-state index contributed by atoms with van der Waals surface area (Å²) in [4.78, 5) is 15.9. The minimum absolute atomic E-state index is 0.204. The smallest absolute Gasteiger partial charge is 0.247 e. The highest BCUT2D eigenvalue weighted by Crippen LogP contribution is 2.15. The van der Waals surface area contributed by atoms with E-state index in [2.05, 4.69) is 10.3 Å². The van der Waals surface area contributed by atoms with Crippen molar-refractivity contribution in [3.8, 4) is 6.07 Å². The number of nitrogen functional groups attached to an aromatic ring is 1. The standard InChI is InChI=1S/C13H13N5O/c1-9(18-6-5-16-12(18)8-14)13(19)17-11-4-2-3-10(15)7-11/h2-7,9H,15H2,1H3,(H,17,19). The molecule has 3 N–H and O–H groups in total. The van der Waals surface area contributed by atoms with Crippen molar-refractivity contribution >= 4 is 17.3 Å². The van der Waals surface area contributed by atoms with Gasteiger partial charge in [0.05, 0.1) is 0 Å². The first kappa shape index (κ1) is 12.6. The van der Waals surface area contributed by atoms with Crippen LogP contribution in [-0.2, 0) is 4.79 Å². The molecule has 96 valence electrons. The molecule has 2 rings (SSSR count). The Labute approximate surface area is 110 Å². The van der Waals surface area contributed by atoms with E-state index in [0.717, 1.165) is 0 Å². The summed E-state index contributed by atoms with van der Waals surface area (Å²) >= 11 is 0. The van der Waals surface area contributed by atoms with Crippen LogP contribution in [0.25, 0.3) is 0 Å². The van der Waals surface area contributed by atoms with E-state index in [-0.39, 0.29) is 11.7 Å². The van der Waals surface area contributed by atoms with Gasteiger partial charge in [0.25, 0.3) is 0 Å². The molecule has 1 aromatic heterocycles. The lowest BCUT2D eigenvalue weighted by Crippen LogP contribution is -2.24. The average molecular weight is 255 g/mol. The molecule has 0 fully saturated rings. The van der Waals surface area contributed by atoms with Crippen molar-refractivity contribution in [1.82, 2.24) is 9.55 Å². The third kappa shape index (κ3) is 2.72. The molecule has 0 saturated heterocycles. The van der Waals surface area contributed by atoms with Crippen LogP contribution in [0.5, 0.6) is 0 Å². The number of nitrogens with zero attached hydrogens (tertiary/aromatic N) is 3. The fourth-order valence-electron chi connectivity index (χ4n) is 1.70. The third-order valence-electron chi connectivity index (χ3n) is 2.72. The summed E-state index contributed by atoms with van der Waals surface area (Å²) in [6, 6.07) is 8.32. The number of carbonyl (C=O) groups is 1. The Morgan fingerprint density at radius 2 is 2.37 bits per heavy atom. The zero-order valence-electron chi connectivity index (χ0n) is 10.4. The number of nitrogens with one attached hydrogen (secondary N) is 1. The highest BCUT2D eigenvalue weighted by Gasteiger charge is 2.17. The number of imidazole rings is 1. The lowest BCUT2D eigenvalue weighted by molar-refractivity contribution is -0.118. The summed E-state index contributed by atoms with van der Waals surface area (Å²) in [6.07, 6.45) is 3.09. The molecule has 0 radical (unpaired) electrons. The first-order chi connectivity index (χ1) is 9.11. The predicted octanol–water partition coefficient (Wildman–Crippen LogP) is 1.54. The molecule has 0 aliphatic rings. The number of hydrogen-bond donors (Lipinski definition) is 2. The number of carbonyl (C=O) groups excluding carboxylic acids is 1. The molecule has 1 amide bonds. The molecule has 1 aromatic carbocycles. The molecule has 6 heteroatoms. The van der Waals surface area contributed by atoms with Gasteiger partial charge >= 0.3 is 0 Å². The van der Waals surface area contributed by atoms with Gasteiger partial charge in [-0.3, -0.25) is 4.79 Å². The lowest BCUT2D eigenvalue weighted by atomic mass is 10.2. The van der Waals surface area contributed by atoms with Crippen molar-refractivity contribution in [1.29, 1.82) is 5.26 Å². The summed E-state index contributed by atoms with van der Waals surface area (Å²) in [5, 5.41) is 11.6. The van der Waals surface area contributed by atoms with E-state index >= 15 is 0 Å². The van der Waals surface area contributed by atoms with Crippen molar-refractivity contribution < 1.29 is 4.79 Å². The fourth-order valence-corrected chi connectivity index (χ4v) is 1.70. The van der Waals surface area contributed by atoms with E-state index in [0.29, 0.717) is 11.4 Å². The van der Waals surface area contributed by atoms with E-state index in [9.17, 15) is 4.79 Å². The molecule has 0 aliphatic heterocycles. The summed E-state index contributed by atoms with van der Waals surface area (Å²) in [5.41, 5.74) is 6.84. The molecular formula is C13H13N5O. The Balaban J connectivity index is 2.15. The van der Waals surface area contributed by atoms with E-state index < -0.39 is 6.04 Å². The molecule has 2 aromatic rings. The van der Waals surface area contributed by atoms with Crippen LogP contribution < -0.4 is 11.1 Å². The number of nitrogens with two attached hydrogens (primary N) is 1. The Morgan fingerprint density at radius 1 is 1.58 bits per heavy atom. The number of rotatable bonds is 3. The Hall–Kier alpha value is -2.81. The molecule has 0 spiro atoms.